The summed E-state index contributed by atoms with van der Waals surface area (Å²) in [4.78, 5) is 12.4. The van der Waals surface area contributed by atoms with Crippen LogP contribution in [0.15, 0.2) is 29.8 Å². The Bertz CT molecular complexity index is 963. The predicted octanol–water partition coefficient (Wildman–Crippen LogP) is 4.26. The first-order chi connectivity index (χ1) is 13.4. The summed E-state index contributed by atoms with van der Waals surface area (Å²) in [6, 6.07) is 9.89. The van der Waals surface area contributed by atoms with Crippen LogP contribution in [-0.2, 0) is 9.53 Å². The zero-order valence-corrected chi connectivity index (χ0v) is 17.1. The molecule has 0 saturated carbocycles. The van der Waals surface area contributed by atoms with Crippen LogP contribution in [0.1, 0.15) is 35.4 Å². The van der Waals surface area contributed by atoms with Crippen LogP contribution >= 0.6 is 11.6 Å². The lowest BCUT2D eigenvalue weighted by Gasteiger charge is -2.11. The number of hydrogen-bond donors (Lipinski definition) is 1. The second kappa shape index (κ2) is 8.64. The SMILES string of the molecule is Cc1ccc(-n2c(C)cc(/C=C(\C#N)C(=O)NC[C@H]3CCCO3)c2C)cc1Cl. The third-order valence-electron chi connectivity index (χ3n) is 5.06. The summed E-state index contributed by atoms with van der Waals surface area (Å²) in [6.45, 7) is 7.08. The lowest BCUT2D eigenvalue weighted by molar-refractivity contribution is -0.117. The Morgan fingerprint density at radius 2 is 2.18 bits per heavy atom. The number of nitrogens with one attached hydrogen (secondary N) is 1. The molecule has 146 valence electrons. The highest BCUT2D eigenvalue weighted by atomic mass is 35.5. The van der Waals surface area contributed by atoms with E-state index in [0.29, 0.717) is 11.6 Å². The number of nitriles is 1. The standard InChI is InChI=1S/C22H24ClN3O2/c1-14-6-7-19(11-21(14)23)26-15(2)9-17(16(26)3)10-18(12-24)22(27)25-13-20-5-4-8-28-20/h6-7,9-11,20H,4-5,8,13H2,1-3H3,(H,25,27)/b18-10+/t20-/m1/s1. The number of aryl methyl sites for hydroxylation is 2. The van der Waals surface area contributed by atoms with E-state index in [2.05, 4.69) is 9.88 Å². The second-order valence-electron chi connectivity index (χ2n) is 7.11. The number of benzene rings is 1. The highest BCUT2D eigenvalue weighted by Gasteiger charge is 2.18. The van der Waals surface area contributed by atoms with E-state index >= 15 is 0 Å². The molecular formula is C22H24ClN3O2. The van der Waals surface area contributed by atoms with Gasteiger partial charge in [0.1, 0.15) is 11.6 Å². The molecule has 1 atom stereocenters. The first kappa shape index (κ1) is 20.2. The average Bonchev–Trinajstić information content (AvgIpc) is 3.28. The number of nitrogens with zero attached hydrogens (tertiary/aromatic N) is 2. The normalized spacial score (nSPS) is 16.8. The van der Waals surface area contributed by atoms with Crippen LogP contribution in [0.4, 0.5) is 0 Å². The number of hydrogen-bond acceptors (Lipinski definition) is 3. The molecular weight excluding hydrogens is 374 g/mol. The summed E-state index contributed by atoms with van der Waals surface area (Å²) in [5, 5.41) is 13.0. The van der Waals surface area contributed by atoms with Gasteiger partial charge in [-0.25, -0.2) is 0 Å². The summed E-state index contributed by atoms with van der Waals surface area (Å²) >= 11 is 6.28. The molecule has 0 bridgehead atoms. The maximum Gasteiger partial charge on any atom is 0.262 e. The van der Waals surface area contributed by atoms with Gasteiger partial charge in [-0.15, -0.1) is 0 Å². The molecule has 2 heterocycles. The fraction of sp³-hybridized carbons (Fsp3) is 0.364. The Hall–Kier alpha value is -2.55. The van der Waals surface area contributed by atoms with E-state index in [1.165, 1.54) is 0 Å². The zero-order chi connectivity index (χ0) is 20.3. The number of amides is 1. The molecule has 3 rings (SSSR count). The van der Waals surface area contributed by atoms with Gasteiger partial charge in [0, 0.05) is 35.2 Å². The molecule has 1 saturated heterocycles. The van der Waals surface area contributed by atoms with Crippen LogP contribution in [0, 0.1) is 32.1 Å². The molecule has 1 fully saturated rings. The minimum atomic E-state index is -0.374. The van der Waals surface area contributed by atoms with Crippen LogP contribution in [0.5, 0.6) is 0 Å². The number of carbonyl (C=O) groups is 1. The maximum absolute atomic E-state index is 12.4. The Morgan fingerprint density at radius 3 is 2.82 bits per heavy atom. The van der Waals surface area contributed by atoms with Gasteiger partial charge in [0.25, 0.3) is 5.91 Å². The van der Waals surface area contributed by atoms with Crippen molar-refractivity contribution in [2.24, 2.45) is 0 Å². The molecule has 1 aliphatic heterocycles. The van der Waals surface area contributed by atoms with E-state index in [-0.39, 0.29) is 17.6 Å². The van der Waals surface area contributed by atoms with Crippen molar-refractivity contribution in [1.29, 1.82) is 5.26 Å². The van der Waals surface area contributed by atoms with Gasteiger partial charge >= 0.3 is 0 Å². The highest BCUT2D eigenvalue weighted by Crippen LogP contribution is 2.26. The van der Waals surface area contributed by atoms with Gasteiger partial charge in [0.2, 0.25) is 0 Å². The van der Waals surface area contributed by atoms with Gasteiger partial charge in [-0.2, -0.15) is 5.26 Å². The van der Waals surface area contributed by atoms with Gasteiger partial charge < -0.3 is 14.6 Å². The van der Waals surface area contributed by atoms with E-state index in [1.54, 1.807) is 6.08 Å². The van der Waals surface area contributed by atoms with Crippen LogP contribution < -0.4 is 5.32 Å². The van der Waals surface area contributed by atoms with Crippen molar-refractivity contribution in [3.63, 3.8) is 0 Å². The first-order valence-electron chi connectivity index (χ1n) is 9.37. The maximum atomic E-state index is 12.4. The Balaban J connectivity index is 1.84. The monoisotopic (exact) mass is 397 g/mol. The van der Waals surface area contributed by atoms with Crippen LogP contribution in [0.25, 0.3) is 11.8 Å². The van der Waals surface area contributed by atoms with Gasteiger partial charge in [-0.3, -0.25) is 4.79 Å². The van der Waals surface area contributed by atoms with Gasteiger partial charge in [0.05, 0.1) is 6.10 Å². The third kappa shape index (κ3) is 4.30. The molecule has 28 heavy (non-hydrogen) atoms. The van der Waals surface area contributed by atoms with Crippen molar-refractivity contribution < 1.29 is 9.53 Å². The Kier molecular flexibility index (Phi) is 6.23. The number of aromatic nitrogens is 1. The van der Waals surface area contributed by atoms with Crippen molar-refractivity contribution >= 4 is 23.6 Å². The largest absolute Gasteiger partial charge is 0.376 e. The van der Waals surface area contributed by atoms with Gasteiger partial charge in [0.15, 0.2) is 0 Å². The average molecular weight is 398 g/mol. The predicted molar refractivity (Wildman–Crippen MR) is 111 cm³/mol. The van der Waals surface area contributed by atoms with E-state index in [4.69, 9.17) is 16.3 Å². The molecule has 1 aliphatic rings. The summed E-state index contributed by atoms with van der Waals surface area (Å²) in [6.07, 6.45) is 3.63. The lowest BCUT2D eigenvalue weighted by atomic mass is 10.1. The zero-order valence-electron chi connectivity index (χ0n) is 16.4. The lowest BCUT2D eigenvalue weighted by Crippen LogP contribution is -2.32. The summed E-state index contributed by atoms with van der Waals surface area (Å²) in [7, 11) is 0. The fourth-order valence-corrected chi connectivity index (χ4v) is 3.64. The number of carbonyl (C=O) groups excluding carboxylic acids is 1. The Morgan fingerprint density at radius 1 is 1.39 bits per heavy atom. The number of rotatable bonds is 5. The molecule has 5 nitrogen and oxygen atoms in total. The van der Waals surface area contributed by atoms with Crippen LogP contribution in [0.3, 0.4) is 0 Å². The highest BCUT2D eigenvalue weighted by molar-refractivity contribution is 6.31. The molecule has 1 amide bonds. The van der Waals surface area contributed by atoms with Gasteiger partial charge in [-0.05, 0) is 69.0 Å². The molecule has 0 spiro atoms. The quantitative estimate of drug-likeness (QED) is 0.605. The smallest absolute Gasteiger partial charge is 0.262 e. The summed E-state index contributed by atoms with van der Waals surface area (Å²) in [5.74, 6) is -0.374. The molecule has 0 aliphatic carbocycles. The molecule has 0 unspecified atom stereocenters. The molecule has 1 aromatic carbocycles. The number of halogens is 1. The van der Waals surface area contributed by atoms with Crippen LogP contribution in [-0.4, -0.2) is 29.7 Å². The van der Waals surface area contributed by atoms with Crippen molar-refractivity contribution in [3.05, 3.63) is 57.4 Å². The second-order valence-corrected chi connectivity index (χ2v) is 7.52. The first-order valence-corrected chi connectivity index (χ1v) is 9.75. The third-order valence-corrected chi connectivity index (χ3v) is 5.47. The van der Waals surface area contributed by atoms with E-state index in [1.807, 2.05) is 51.1 Å². The summed E-state index contributed by atoms with van der Waals surface area (Å²) in [5.41, 5.74) is 4.82. The minimum Gasteiger partial charge on any atom is -0.376 e. The molecule has 0 radical (unpaired) electrons. The van der Waals surface area contributed by atoms with E-state index in [9.17, 15) is 10.1 Å². The summed E-state index contributed by atoms with van der Waals surface area (Å²) < 4.78 is 7.57. The molecule has 1 N–H and O–H groups in total. The fourth-order valence-electron chi connectivity index (χ4n) is 3.46. The van der Waals surface area contributed by atoms with E-state index < -0.39 is 0 Å². The molecule has 6 heteroatoms. The van der Waals surface area contributed by atoms with Crippen molar-refractivity contribution in [1.82, 2.24) is 9.88 Å². The van der Waals surface area contributed by atoms with E-state index in [0.717, 1.165) is 47.7 Å². The number of ether oxygens (including phenoxy) is 1. The molecule has 1 aromatic heterocycles. The molecule has 2 aromatic rings. The topological polar surface area (TPSA) is 67.0 Å². The van der Waals surface area contributed by atoms with Crippen molar-refractivity contribution in [2.75, 3.05) is 13.2 Å². The van der Waals surface area contributed by atoms with Gasteiger partial charge in [-0.1, -0.05) is 17.7 Å². The minimum absolute atomic E-state index is 0.0419. The van der Waals surface area contributed by atoms with Crippen molar-refractivity contribution in [3.8, 4) is 11.8 Å². The van der Waals surface area contributed by atoms with Crippen molar-refractivity contribution in [2.45, 2.75) is 39.7 Å². The van der Waals surface area contributed by atoms with Crippen LogP contribution in [0.2, 0.25) is 5.02 Å². The Labute approximate surface area is 170 Å².